The normalized spacial score (nSPS) is 12.4. The van der Waals surface area contributed by atoms with Crippen LogP contribution in [0.25, 0.3) is 28.0 Å². The minimum absolute atomic E-state index is 0.0498. The van der Waals surface area contributed by atoms with Crippen LogP contribution in [0, 0.1) is 5.41 Å². The van der Waals surface area contributed by atoms with Crippen molar-refractivity contribution in [3.8, 4) is 22.7 Å². The fraction of sp³-hybridized carbons (Fsp3) is 0.321. The number of alkyl halides is 3. The summed E-state index contributed by atoms with van der Waals surface area (Å²) in [6.45, 7) is 3.83. The van der Waals surface area contributed by atoms with Gasteiger partial charge in [-0.1, -0.05) is 12.1 Å². The Hall–Kier alpha value is -4.36. The van der Waals surface area contributed by atoms with E-state index in [-0.39, 0.29) is 17.8 Å². The first-order valence-corrected chi connectivity index (χ1v) is 13.1. The van der Waals surface area contributed by atoms with Gasteiger partial charge in [-0.2, -0.15) is 4.98 Å². The number of benzene rings is 2. The summed E-state index contributed by atoms with van der Waals surface area (Å²) in [4.78, 5) is 20.0. The largest absolute Gasteiger partial charge is 0.573 e. The van der Waals surface area contributed by atoms with Gasteiger partial charge in [-0.3, -0.25) is 9.98 Å². The van der Waals surface area contributed by atoms with Gasteiger partial charge in [-0.15, -0.1) is 13.2 Å². The van der Waals surface area contributed by atoms with Crippen molar-refractivity contribution in [2.45, 2.75) is 45.1 Å². The average Bonchev–Trinajstić information content (AvgIpc) is 3.31. The molecule has 4 aromatic rings. The van der Waals surface area contributed by atoms with Crippen LogP contribution >= 0.6 is 0 Å². The molecule has 4 rings (SSSR count). The van der Waals surface area contributed by atoms with Crippen LogP contribution in [0.1, 0.15) is 30.9 Å². The molecule has 2 heterocycles. The predicted octanol–water partition coefficient (Wildman–Crippen LogP) is 3.52. The number of aromatic nitrogens is 3. The molecule has 0 spiro atoms. The number of H-pyrrole nitrogens is 1. The molecule has 0 saturated heterocycles. The zero-order valence-corrected chi connectivity index (χ0v) is 22.5. The van der Waals surface area contributed by atoms with Crippen LogP contribution in [0.15, 0.2) is 59.5 Å². The molecule has 0 saturated carbocycles. The van der Waals surface area contributed by atoms with Crippen molar-refractivity contribution in [2.75, 3.05) is 13.1 Å². The van der Waals surface area contributed by atoms with E-state index in [4.69, 9.17) is 16.9 Å². The standard InChI is InChI=1S/C28H33F3N8O2/c1-17(32)3-4-19-11-20(13-23(12-19)41-28(29,30)31)24-14-21-16-39(27(40)38-25(21)37-24)22-7-5-18(6-8-22)15-35-9-2-10-36-26(33)34/h5-8,11-14,16-17,35H,2-4,9-10,15,32H2,1H3,(H4,33,34,36)(H,37,38,40)/t17-/m1/s1. The van der Waals surface area contributed by atoms with E-state index in [0.29, 0.717) is 59.5 Å². The van der Waals surface area contributed by atoms with Crippen LogP contribution in [-0.4, -0.2) is 46.0 Å². The van der Waals surface area contributed by atoms with Gasteiger partial charge >= 0.3 is 12.1 Å². The van der Waals surface area contributed by atoms with Crippen LogP contribution in [0.2, 0.25) is 0 Å². The zero-order chi connectivity index (χ0) is 29.6. The Bertz CT molecular complexity index is 1540. The maximum absolute atomic E-state index is 13.0. The summed E-state index contributed by atoms with van der Waals surface area (Å²) in [6.07, 6.45) is -1.30. The molecule has 0 bridgehead atoms. The van der Waals surface area contributed by atoms with Crippen LogP contribution in [0.5, 0.6) is 5.75 Å². The Morgan fingerprint density at radius 3 is 2.59 bits per heavy atom. The monoisotopic (exact) mass is 570 g/mol. The molecule has 218 valence electrons. The number of nitrogens with two attached hydrogens (primary N) is 2. The molecule has 1 atom stereocenters. The lowest BCUT2D eigenvalue weighted by atomic mass is 10.0. The van der Waals surface area contributed by atoms with Gasteiger partial charge in [0.05, 0.1) is 5.69 Å². The number of nitrogens with one attached hydrogen (secondary N) is 4. The highest BCUT2D eigenvalue weighted by atomic mass is 19.4. The van der Waals surface area contributed by atoms with Crippen molar-refractivity contribution < 1.29 is 17.9 Å². The van der Waals surface area contributed by atoms with Gasteiger partial charge in [0, 0.05) is 42.0 Å². The van der Waals surface area contributed by atoms with E-state index in [9.17, 15) is 18.0 Å². The molecule has 0 unspecified atom stereocenters. The molecule has 13 heteroatoms. The Kier molecular flexibility index (Phi) is 9.30. The third-order valence-electron chi connectivity index (χ3n) is 6.30. The number of fused-ring (bicyclic) bond motifs is 1. The maximum atomic E-state index is 13.0. The quantitative estimate of drug-likeness (QED) is 0.0863. The summed E-state index contributed by atoms with van der Waals surface area (Å²) in [5.74, 6) is -0.380. The lowest BCUT2D eigenvalue weighted by Crippen LogP contribution is -2.32. The lowest BCUT2D eigenvalue weighted by Gasteiger charge is -2.13. The zero-order valence-electron chi connectivity index (χ0n) is 22.5. The van der Waals surface area contributed by atoms with Crippen LogP contribution in [0.4, 0.5) is 13.2 Å². The van der Waals surface area contributed by atoms with Gasteiger partial charge < -0.3 is 31.8 Å². The first-order chi connectivity index (χ1) is 19.5. The van der Waals surface area contributed by atoms with Gasteiger partial charge in [-0.05, 0) is 80.3 Å². The van der Waals surface area contributed by atoms with Gasteiger partial charge in [-0.25, -0.2) is 4.79 Å². The lowest BCUT2D eigenvalue weighted by molar-refractivity contribution is -0.274. The van der Waals surface area contributed by atoms with Gasteiger partial charge in [0.2, 0.25) is 0 Å². The second-order valence-corrected chi connectivity index (χ2v) is 9.85. The smallest absolute Gasteiger partial charge is 0.406 e. The van der Waals surface area contributed by atoms with Gasteiger partial charge in [0.25, 0.3) is 0 Å². The number of ether oxygens (including phenoxy) is 1. The third-order valence-corrected chi connectivity index (χ3v) is 6.30. The highest BCUT2D eigenvalue weighted by Gasteiger charge is 2.31. The number of halogens is 3. The molecule has 8 N–H and O–H groups in total. The number of nitrogens with zero attached hydrogens (tertiary/aromatic N) is 2. The summed E-state index contributed by atoms with van der Waals surface area (Å²) in [7, 11) is 0. The minimum atomic E-state index is -4.83. The third kappa shape index (κ3) is 8.56. The van der Waals surface area contributed by atoms with E-state index >= 15 is 0 Å². The maximum Gasteiger partial charge on any atom is 0.573 e. The van der Waals surface area contributed by atoms with Crippen LogP contribution < -0.4 is 32.5 Å². The number of aromatic amines is 1. The van der Waals surface area contributed by atoms with E-state index in [0.717, 1.165) is 18.5 Å². The SMILES string of the molecule is C[C@@H](N)CCc1cc(OC(F)(F)F)cc(-c2cc3cn(-c4ccc(CNCCCNC(=N)N)cc4)c(=O)nc3[nH]2)c1. The highest BCUT2D eigenvalue weighted by molar-refractivity contribution is 5.83. The molecule has 41 heavy (non-hydrogen) atoms. The summed E-state index contributed by atoms with van der Waals surface area (Å²) in [5.41, 5.74) is 14.2. The number of hydrogen-bond donors (Lipinski definition) is 6. The number of rotatable bonds is 12. The van der Waals surface area contributed by atoms with Crippen molar-refractivity contribution in [3.63, 3.8) is 0 Å². The average molecular weight is 571 g/mol. The molecule has 2 aromatic heterocycles. The summed E-state index contributed by atoms with van der Waals surface area (Å²) >= 11 is 0. The molecule has 0 fully saturated rings. The van der Waals surface area contributed by atoms with E-state index in [2.05, 4.69) is 25.3 Å². The highest BCUT2D eigenvalue weighted by Crippen LogP contribution is 2.31. The van der Waals surface area contributed by atoms with Crippen molar-refractivity contribution in [1.29, 1.82) is 5.41 Å². The Balaban J connectivity index is 1.54. The second-order valence-electron chi connectivity index (χ2n) is 9.85. The first kappa shape index (κ1) is 29.6. The van der Waals surface area contributed by atoms with Crippen molar-refractivity contribution >= 4 is 17.0 Å². The van der Waals surface area contributed by atoms with Crippen LogP contribution in [-0.2, 0) is 13.0 Å². The number of guanidine groups is 1. The molecule has 2 aromatic carbocycles. The van der Waals surface area contributed by atoms with Crippen molar-refractivity contribution in [1.82, 2.24) is 25.2 Å². The number of hydrogen-bond acceptors (Lipinski definition) is 6. The molecule has 10 nitrogen and oxygen atoms in total. The summed E-state index contributed by atoms with van der Waals surface area (Å²) in [5, 5.41) is 13.8. The van der Waals surface area contributed by atoms with Gasteiger partial charge in [0.15, 0.2) is 5.96 Å². The van der Waals surface area contributed by atoms with Gasteiger partial charge in [0.1, 0.15) is 11.4 Å². The molecular formula is C28H33F3N8O2. The fourth-order valence-electron chi connectivity index (χ4n) is 4.33. The Morgan fingerprint density at radius 1 is 1.15 bits per heavy atom. The minimum Gasteiger partial charge on any atom is -0.406 e. The second kappa shape index (κ2) is 12.9. The molecular weight excluding hydrogens is 537 g/mol. The topological polar surface area (TPSA) is 160 Å². The Morgan fingerprint density at radius 2 is 1.90 bits per heavy atom. The molecule has 0 amide bonds. The van der Waals surface area contributed by atoms with Crippen LogP contribution in [0.3, 0.4) is 0 Å². The first-order valence-electron chi connectivity index (χ1n) is 13.1. The van der Waals surface area contributed by atoms with Crippen molar-refractivity contribution in [2.24, 2.45) is 11.5 Å². The summed E-state index contributed by atoms with van der Waals surface area (Å²) < 4.78 is 44.6. The summed E-state index contributed by atoms with van der Waals surface area (Å²) in [6, 6.07) is 13.5. The number of aryl methyl sites for hydroxylation is 1. The molecule has 0 radical (unpaired) electrons. The van der Waals surface area contributed by atoms with E-state index in [1.165, 1.54) is 16.7 Å². The Labute approximate surface area is 234 Å². The molecule has 0 aliphatic carbocycles. The predicted molar refractivity (Wildman–Crippen MR) is 152 cm³/mol. The molecule has 0 aliphatic heterocycles. The van der Waals surface area contributed by atoms with E-state index in [1.807, 2.05) is 31.2 Å². The molecule has 0 aliphatic rings. The van der Waals surface area contributed by atoms with E-state index < -0.39 is 12.1 Å². The van der Waals surface area contributed by atoms with Crippen molar-refractivity contribution in [3.05, 3.63) is 76.3 Å². The van der Waals surface area contributed by atoms with E-state index in [1.54, 1.807) is 18.3 Å². The fourth-order valence-corrected chi connectivity index (χ4v) is 4.33.